The summed E-state index contributed by atoms with van der Waals surface area (Å²) in [6, 6.07) is 2.22. The van der Waals surface area contributed by atoms with Gasteiger partial charge >= 0.3 is 0 Å². The molecule has 0 amide bonds. The minimum Gasteiger partial charge on any atom is -0.481 e. The van der Waals surface area contributed by atoms with Gasteiger partial charge in [0, 0.05) is 30.2 Å². The Kier molecular flexibility index (Phi) is 5.05. The maximum absolute atomic E-state index is 5.16. The molecule has 2 fully saturated rings. The Bertz CT molecular complexity index is 1310. The minimum atomic E-state index is 0.230. The number of hydrogen-bond acceptors (Lipinski definition) is 11. The van der Waals surface area contributed by atoms with E-state index in [4.69, 9.17) is 14.7 Å². The number of thiazole rings is 2. The molecule has 2 aliphatic rings. The van der Waals surface area contributed by atoms with E-state index in [1.54, 1.807) is 48.2 Å². The molecule has 4 aromatic heterocycles. The van der Waals surface area contributed by atoms with E-state index in [9.17, 15) is 0 Å². The lowest BCUT2D eigenvalue weighted by atomic mass is 9.84. The van der Waals surface area contributed by atoms with Gasteiger partial charge in [0.1, 0.15) is 22.7 Å². The van der Waals surface area contributed by atoms with E-state index >= 15 is 0 Å². The number of hydrogen-bond donors (Lipinski definition) is 1. The van der Waals surface area contributed by atoms with Crippen molar-refractivity contribution in [3.8, 4) is 28.0 Å². The molecule has 6 rings (SSSR count). The van der Waals surface area contributed by atoms with Crippen LogP contribution in [0.25, 0.3) is 31.8 Å². The van der Waals surface area contributed by atoms with Crippen LogP contribution in [0.5, 0.6) is 5.88 Å². The molecule has 2 bridgehead atoms. The number of rotatable bonds is 5. The second-order valence-corrected chi connectivity index (χ2v) is 11.7. The summed E-state index contributed by atoms with van der Waals surface area (Å²) in [7, 11) is 3.75. The van der Waals surface area contributed by atoms with Crippen LogP contribution in [0, 0.1) is 0 Å². The second-order valence-electron chi connectivity index (χ2n) is 9.78. The zero-order chi connectivity index (χ0) is 23.5. The van der Waals surface area contributed by atoms with Gasteiger partial charge < -0.3 is 15.0 Å². The first-order valence-electron chi connectivity index (χ1n) is 11.3. The predicted octanol–water partition coefficient (Wildman–Crippen LogP) is 4.17. The lowest BCUT2D eigenvalue weighted by molar-refractivity contribution is 0.208. The van der Waals surface area contributed by atoms with Crippen molar-refractivity contribution in [2.45, 2.75) is 56.7 Å². The standard InChI is InChI=1S/C23H26N8OS2/c1-22-5-6-23(2,30-22)9-13(8-22)31(3)21-29-20-19(34-21)28-18(33-20)16-11-24-15(10-25-16)14-7-17(32-4)27-12-26-14/h7,10-13,30H,5-6,8-9H2,1-4H3/t13-,22-,23+. The summed E-state index contributed by atoms with van der Waals surface area (Å²) in [4.78, 5) is 31.4. The van der Waals surface area contributed by atoms with Gasteiger partial charge in [-0.3, -0.25) is 4.98 Å². The molecule has 6 heterocycles. The topological polar surface area (TPSA) is 102 Å². The van der Waals surface area contributed by atoms with Crippen LogP contribution < -0.4 is 15.0 Å². The molecular weight excluding hydrogens is 468 g/mol. The first-order chi connectivity index (χ1) is 16.3. The van der Waals surface area contributed by atoms with Gasteiger partial charge in [-0.2, -0.15) is 0 Å². The van der Waals surface area contributed by atoms with Crippen molar-refractivity contribution < 1.29 is 4.74 Å². The summed E-state index contributed by atoms with van der Waals surface area (Å²) in [5, 5.41) is 5.73. The average Bonchev–Trinajstić information content (AvgIpc) is 3.48. The summed E-state index contributed by atoms with van der Waals surface area (Å²) in [5.41, 5.74) is 2.50. The Morgan fingerprint density at radius 1 is 0.941 bits per heavy atom. The van der Waals surface area contributed by atoms with Gasteiger partial charge in [0.15, 0.2) is 14.8 Å². The third kappa shape index (κ3) is 3.81. The molecule has 0 radical (unpaired) electrons. The minimum absolute atomic E-state index is 0.230. The molecule has 11 heteroatoms. The van der Waals surface area contributed by atoms with Crippen LogP contribution in [0.3, 0.4) is 0 Å². The number of anilines is 1. The highest BCUT2D eigenvalue weighted by Crippen LogP contribution is 2.45. The normalized spacial score (nSPS) is 26.2. The fourth-order valence-electron chi connectivity index (χ4n) is 5.31. The Hall–Kier alpha value is -2.76. The van der Waals surface area contributed by atoms with Crippen molar-refractivity contribution in [1.29, 1.82) is 0 Å². The zero-order valence-corrected chi connectivity index (χ0v) is 21.2. The van der Waals surface area contributed by atoms with Crippen molar-refractivity contribution in [2.24, 2.45) is 0 Å². The van der Waals surface area contributed by atoms with Crippen LogP contribution in [-0.2, 0) is 0 Å². The van der Waals surface area contributed by atoms with E-state index < -0.39 is 0 Å². The van der Waals surface area contributed by atoms with Crippen molar-refractivity contribution in [3.63, 3.8) is 0 Å². The molecule has 9 nitrogen and oxygen atoms in total. The Morgan fingerprint density at radius 2 is 1.65 bits per heavy atom. The third-order valence-electron chi connectivity index (χ3n) is 7.00. The molecule has 2 saturated heterocycles. The molecule has 2 aliphatic heterocycles. The molecule has 1 N–H and O–H groups in total. The van der Waals surface area contributed by atoms with Crippen molar-refractivity contribution in [3.05, 3.63) is 24.8 Å². The third-order valence-corrected chi connectivity index (χ3v) is 9.14. The van der Waals surface area contributed by atoms with Gasteiger partial charge in [-0.25, -0.2) is 24.9 Å². The van der Waals surface area contributed by atoms with Gasteiger partial charge in [0.2, 0.25) is 5.88 Å². The first-order valence-corrected chi connectivity index (χ1v) is 12.9. The molecule has 0 unspecified atom stereocenters. The summed E-state index contributed by atoms with van der Waals surface area (Å²) in [5.74, 6) is 0.489. The number of aromatic nitrogens is 6. The summed E-state index contributed by atoms with van der Waals surface area (Å²) < 4.78 is 5.16. The number of methoxy groups -OCH3 is 1. The monoisotopic (exact) mass is 494 g/mol. The van der Waals surface area contributed by atoms with Gasteiger partial charge in [0.05, 0.1) is 25.2 Å². The van der Waals surface area contributed by atoms with Gasteiger partial charge in [-0.1, -0.05) is 22.7 Å². The summed E-state index contributed by atoms with van der Waals surface area (Å²) >= 11 is 3.21. The lowest BCUT2D eigenvalue weighted by Gasteiger charge is -2.45. The number of fused-ring (bicyclic) bond motifs is 3. The molecule has 0 saturated carbocycles. The van der Waals surface area contributed by atoms with Crippen LogP contribution >= 0.6 is 22.7 Å². The van der Waals surface area contributed by atoms with Crippen LogP contribution in [-0.4, -0.2) is 61.2 Å². The largest absolute Gasteiger partial charge is 0.481 e. The van der Waals surface area contributed by atoms with E-state index in [0.717, 1.165) is 38.3 Å². The predicted molar refractivity (Wildman–Crippen MR) is 135 cm³/mol. The van der Waals surface area contributed by atoms with Gasteiger partial charge in [-0.15, -0.1) is 0 Å². The lowest BCUT2D eigenvalue weighted by Crippen LogP contribution is -2.58. The fraction of sp³-hybridized carbons (Fsp3) is 0.478. The SMILES string of the molecule is COc1cc(-c2cnc(-c3nc4sc(N(C)[C@H]5C[C@]6(C)CC[C@](C)(C5)N6)nc4s3)cn2)ncn1. The number of nitrogens with zero attached hydrogens (tertiary/aromatic N) is 7. The number of piperidine rings is 1. The Morgan fingerprint density at radius 3 is 2.32 bits per heavy atom. The molecular formula is C23H26N8OS2. The zero-order valence-electron chi connectivity index (χ0n) is 19.6. The quantitative estimate of drug-likeness (QED) is 0.438. The van der Waals surface area contributed by atoms with E-state index in [0.29, 0.717) is 23.3 Å². The molecule has 0 aliphatic carbocycles. The maximum atomic E-state index is 5.16. The average molecular weight is 495 g/mol. The van der Waals surface area contributed by atoms with Gasteiger partial charge in [0.25, 0.3) is 0 Å². The number of nitrogens with one attached hydrogen (secondary N) is 1. The Balaban J connectivity index is 1.22. The molecule has 4 aromatic rings. The molecule has 0 spiro atoms. The van der Waals surface area contributed by atoms with E-state index in [2.05, 4.69) is 51.0 Å². The van der Waals surface area contributed by atoms with Crippen LogP contribution in [0.1, 0.15) is 39.5 Å². The van der Waals surface area contributed by atoms with E-state index in [1.165, 1.54) is 19.2 Å². The van der Waals surface area contributed by atoms with Crippen molar-refractivity contribution >= 4 is 37.5 Å². The van der Waals surface area contributed by atoms with E-state index in [1.807, 2.05) is 0 Å². The highest BCUT2D eigenvalue weighted by Gasteiger charge is 2.49. The van der Waals surface area contributed by atoms with Crippen LogP contribution in [0.15, 0.2) is 24.8 Å². The van der Waals surface area contributed by atoms with Gasteiger partial charge in [-0.05, 0) is 39.5 Å². The van der Waals surface area contributed by atoms with E-state index in [-0.39, 0.29) is 11.1 Å². The molecule has 34 heavy (non-hydrogen) atoms. The number of ether oxygens (including phenoxy) is 1. The molecule has 3 atom stereocenters. The summed E-state index contributed by atoms with van der Waals surface area (Å²) in [6.07, 6.45) is 9.66. The molecule has 176 valence electrons. The molecule has 0 aromatic carbocycles. The van der Waals surface area contributed by atoms with Crippen LogP contribution in [0.2, 0.25) is 0 Å². The first kappa shape index (κ1) is 21.8. The second kappa shape index (κ2) is 7.89. The summed E-state index contributed by atoms with van der Waals surface area (Å²) in [6.45, 7) is 4.72. The maximum Gasteiger partial charge on any atom is 0.216 e. The fourth-order valence-corrected chi connectivity index (χ4v) is 7.34. The highest BCUT2D eigenvalue weighted by atomic mass is 32.1. The van der Waals surface area contributed by atoms with Crippen molar-refractivity contribution in [1.82, 2.24) is 35.2 Å². The highest BCUT2D eigenvalue weighted by molar-refractivity contribution is 7.29. The van der Waals surface area contributed by atoms with Crippen molar-refractivity contribution in [2.75, 3.05) is 19.1 Å². The van der Waals surface area contributed by atoms with Crippen LogP contribution in [0.4, 0.5) is 5.13 Å². The Labute approximate surface area is 205 Å². The smallest absolute Gasteiger partial charge is 0.216 e.